The smallest absolute Gasteiger partial charge is 0.253 e. The monoisotopic (exact) mass is 264 g/mol. The molecule has 2 rings (SSSR count). The van der Waals surface area contributed by atoms with Crippen molar-refractivity contribution in [2.24, 2.45) is 0 Å². The number of nitrogens with zero attached hydrogens (tertiary/aromatic N) is 2. The van der Waals surface area contributed by atoms with Gasteiger partial charge in [-0.15, -0.1) is 0 Å². The van der Waals surface area contributed by atoms with Gasteiger partial charge < -0.3 is 15.6 Å². The molecule has 0 atom stereocenters. The van der Waals surface area contributed by atoms with E-state index in [-0.39, 0.29) is 17.2 Å². The van der Waals surface area contributed by atoms with Crippen LogP contribution in [0.4, 0.5) is 10.1 Å². The summed E-state index contributed by atoms with van der Waals surface area (Å²) in [5.74, 6) is 0.151. The van der Waals surface area contributed by atoms with Crippen molar-refractivity contribution in [3.63, 3.8) is 0 Å². The maximum Gasteiger partial charge on any atom is 0.253 e. The minimum atomic E-state index is -0.476. The molecule has 2 aromatic rings. The number of nitrogen functional groups attached to an aromatic ring is 1. The van der Waals surface area contributed by atoms with Gasteiger partial charge in [-0.2, -0.15) is 4.98 Å². The Morgan fingerprint density at radius 2 is 2.32 bits per heavy atom. The Kier molecular flexibility index (Phi) is 3.74. The summed E-state index contributed by atoms with van der Waals surface area (Å²) in [6, 6.07) is 3.64. The van der Waals surface area contributed by atoms with E-state index in [4.69, 9.17) is 10.3 Å². The number of hydrogen-bond donors (Lipinski definition) is 2. The quantitative estimate of drug-likeness (QED) is 0.805. The highest BCUT2D eigenvalue weighted by atomic mass is 19.1. The number of carbonyl (C=O) groups excluding carboxylic acids is 1. The first-order valence-electron chi connectivity index (χ1n) is 5.68. The van der Waals surface area contributed by atoms with Crippen LogP contribution in [-0.4, -0.2) is 22.6 Å². The number of anilines is 1. The molecule has 0 saturated heterocycles. The highest BCUT2D eigenvalue weighted by Crippen LogP contribution is 2.13. The number of amides is 1. The lowest BCUT2D eigenvalue weighted by Crippen LogP contribution is -2.26. The third-order valence-electron chi connectivity index (χ3n) is 2.45. The van der Waals surface area contributed by atoms with Crippen LogP contribution in [-0.2, 0) is 6.42 Å². The number of halogens is 1. The van der Waals surface area contributed by atoms with E-state index in [0.29, 0.717) is 24.7 Å². The molecule has 3 N–H and O–H groups in total. The van der Waals surface area contributed by atoms with E-state index in [0.717, 1.165) is 6.07 Å². The second kappa shape index (κ2) is 5.47. The fraction of sp³-hybridized carbons (Fsp3) is 0.250. The van der Waals surface area contributed by atoms with Crippen LogP contribution in [0, 0.1) is 12.7 Å². The number of aromatic nitrogens is 2. The minimum absolute atomic E-state index is 0.103. The molecule has 0 saturated carbocycles. The van der Waals surface area contributed by atoms with Gasteiger partial charge >= 0.3 is 0 Å². The normalized spacial score (nSPS) is 10.4. The third-order valence-corrected chi connectivity index (χ3v) is 2.45. The molecule has 0 unspecified atom stereocenters. The Bertz CT molecular complexity index is 597. The molecule has 1 amide bonds. The molecule has 0 spiro atoms. The van der Waals surface area contributed by atoms with E-state index in [1.165, 1.54) is 12.1 Å². The summed E-state index contributed by atoms with van der Waals surface area (Å²) in [4.78, 5) is 15.8. The molecule has 0 fully saturated rings. The average molecular weight is 264 g/mol. The zero-order valence-corrected chi connectivity index (χ0v) is 10.3. The molecule has 0 bridgehead atoms. The molecule has 1 aromatic carbocycles. The summed E-state index contributed by atoms with van der Waals surface area (Å²) in [5, 5.41) is 6.28. The molecule has 0 aliphatic rings. The van der Waals surface area contributed by atoms with Crippen molar-refractivity contribution in [3.8, 4) is 0 Å². The molecule has 100 valence electrons. The first-order chi connectivity index (χ1) is 9.06. The zero-order chi connectivity index (χ0) is 13.8. The number of rotatable bonds is 4. The van der Waals surface area contributed by atoms with Gasteiger partial charge in [-0.1, -0.05) is 5.16 Å². The van der Waals surface area contributed by atoms with Crippen LogP contribution < -0.4 is 11.1 Å². The van der Waals surface area contributed by atoms with E-state index in [9.17, 15) is 9.18 Å². The van der Waals surface area contributed by atoms with E-state index < -0.39 is 5.82 Å². The molecule has 1 aromatic heterocycles. The van der Waals surface area contributed by atoms with E-state index >= 15 is 0 Å². The maximum absolute atomic E-state index is 12.8. The summed E-state index contributed by atoms with van der Waals surface area (Å²) in [6.45, 7) is 2.04. The number of hydrogen-bond acceptors (Lipinski definition) is 5. The molecular formula is C12H13FN4O2. The second-order valence-electron chi connectivity index (χ2n) is 3.97. The largest absolute Gasteiger partial charge is 0.398 e. The Morgan fingerprint density at radius 1 is 1.53 bits per heavy atom. The molecule has 0 aliphatic carbocycles. The van der Waals surface area contributed by atoms with Crippen molar-refractivity contribution in [2.75, 3.05) is 12.3 Å². The summed E-state index contributed by atoms with van der Waals surface area (Å²) in [7, 11) is 0. The van der Waals surface area contributed by atoms with Crippen molar-refractivity contribution >= 4 is 11.6 Å². The standard InChI is InChI=1S/C12H13FN4O2/c1-7-16-11(19-17-7)4-5-15-12(18)9-3-2-8(13)6-10(9)14/h2-3,6H,4-5,14H2,1H3,(H,15,18). The molecule has 6 nitrogen and oxygen atoms in total. The average Bonchev–Trinajstić information content (AvgIpc) is 2.75. The van der Waals surface area contributed by atoms with Crippen LogP contribution in [0.3, 0.4) is 0 Å². The highest BCUT2D eigenvalue weighted by molar-refractivity contribution is 5.99. The van der Waals surface area contributed by atoms with Gasteiger partial charge in [0.1, 0.15) is 5.82 Å². The predicted molar refractivity (Wildman–Crippen MR) is 65.9 cm³/mol. The zero-order valence-electron chi connectivity index (χ0n) is 10.3. The fourth-order valence-electron chi connectivity index (χ4n) is 1.56. The van der Waals surface area contributed by atoms with Crippen LogP contribution in [0.15, 0.2) is 22.7 Å². The SMILES string of the molecule is Cc1noc(CCNC(=O)c2ccc(F)cc2N)n1. The topological polar surface area (TPSA) is 94.0 Å². The summed E-state index contributed by atoms with van der Waals surface area (Å²) in [6.07, 6.45) is 0.424. The van der Waals surface area contributed by atoms with Gasteiger partial charge in [0.15, 0.2) is 5.82 Å². The van der Waals surface area contributed by atoms with Crippen molar-refractivity contribution in [2.45, 2.75) is 13.3 Å². The molecule has 19 heavy (non-hydrogen) atoms. The first-order valence-corrected chi connectivity index (χ1v) is 5.68. The molecular weight excluding hydrogens is 251 g/mol. The van der Waals surface area contributed by atoms with Gasteiger partial charge in [0.05, 0.1) is 5.56 Å². The van der Waals surface area contributed by atoms with Crippen molar-refractivity contribution in [3.05, 3.63) is 41.3 Å². The summed E-state index contributed by atoms with van der Waals surface area (Å²) in [5.41, 5.74) is 5.91. The van der Waals surface area contributed by atoms with Crippen molar-refractivity contribution in [1.29, 1.82) is 0 Å². The minimum Gasteiger partial charge on any atom is -0.398 e. The van der Waals surface area contributed by atoms with Gasteiger partial charge in [-0.3, -0.25) is 4.79 Å². The third kappa shape index (κ3) is 3.27. The second-order valence-corrected chi connectivity index (χ2v) is 3.97. The van der Waals surface area contributed by atoms with Gasteiger partial charge in [0.2, 0.25) is 5.89 Å². The first kappa shape index (κ1) is 13.0. The Labute approximate surface area is 108 Å². The van der Waals surface area contributed by atoms with Gasteiger partial charge in [-0.25, -0.2) is 4.39 Å². The van der Waals surface area contributed by atoms with Gasteiger partial charge in [0.25, 0.3) is 5.91 Å². The van der Waals surface area contributed by atoms with Gasteiger partial charge in [0, 0.05) is 18.7 Å². The Morgan fingerprint density at radius 3 is 2.95 bits per heavy atom. The van der Waals surface area contributed by atoms with Crippen molar-refractivity contribution in [1.82, 2.24) is 15.5 Å². The number of benzene rings is 1. The predicted octanol–water partition coefficient (Wildman–Crippen LogP) is 1.07. The van der Waals surface area contributed by atoms with E-state index in [1.54, 1.807) is 6.92 Å². The number of carbonyl (C=O) groups is 1. The number of aryl methyl sites for hydroxylation is 1. The molecule has 1 heterocycles. The Balaban J connectivity index is 1.90. The summed E-state index contributed by atoms with van der Waals surface area (Å²) >= 11 is 0. The lowest BCUT2D eigenvalue weighted by molar-refractivity contribution is 0.0954. The lowest BCUT2D eigenvalue weighted by Gasteiger charge is -2.06. The van der Waals surface area contributed by atoms with Crippen LogP contribution in [0.25, 0.3) is 0 Å². The van der Waals surface area contributed by atoms with Crippen LogP contribution in [0.1, 0.15) is 22.1 Å². The Hall–Kier alpha value is -2.44. The molecule has 0 radical (unpaired) electrons. The number of nitrogens with two attached hydrogens (primary N) is 1. The highest BCUT2D eigenvalue weighted by Gasteiger charge is 2.10. The van der Waals surface area contributed by atoms with Crippen LogP contribution in [0.2, 0.25) is 0 Å². The fourth-order valence-corrected chi connectivity index (χ4v) is 1.56. The number of nitrogens with one attached hydrogen (secondary N) is 1. The molecule has 0 aliphatic heterocycles. The molecule has 7 heteroatoms. The van der Waals surface area contributed by atoms with E-state index in [1.807, 2.05) is 0 Å². The lowest BCUT2D eigenvalue weighted by atomic mass is 10.1. The van der Waals surface area contributed by atoms with Crippen molar-refractivity contribution < 1.29 is 13.7 Å². The summed E-state index contributed by atoms with van der Waals surface area (Å²) < 4.78 is 17.8. The van der Waals surface area contributed by atoms with Crippen LogP contribution >= 0.6 is 0 Å². The van der Waals surface area contributed by atoms with Gasteiger partial charge in [-0.05, 0) is 25.1 Å². The van der Waals surface area contributed by atoms with E-state index in [2.05, 4.69) is 15.5 Å². The maximum atomic E-state index is 12.8. The van der Waals surface area contributed by atoms with Crippen LogP contribution in [0.5, 0.6) is 0 Å².